The summed E-state index contributed by atoms with van der Waals surface area (Å²) in [5.74, 6) is -0.755. The molecule has 0 spiro atoms. The third-order valence-electron chi connectivity index (χ3n) is 2.47. The van der Waals surface area contributed by atoms with Crippen molar-refractivity contribution in [3.05, 3.63) is 42.5 Å². The Morgan fingerprint density at radius 2 is 2.21 bits per heavy atom. The first-order valence-corrected chi connectivity index (χ1v) is 6.99. The molecule has 0 atom stereocenters. The van der Waals surface area contributed by atoms with Crippen LogP contribution in [-0.2, 0) is 16.6 Å². The van der Waals surface area contributed by atoms with E-state index in [0.717, 1.165) is 6.07 Å². The fraction of sp³-hybridized carbons (Fsp3) is 0.182. The fourth-order valence-electron chi connectivity index (χ4n) is 1.49. The van der Waals surface area contributed by atoms with E-state index in [-0.39, 0.29) is 17.1 Å². The molecular formula is C11H13FN4O2S. The number of nitrogen functional groups attached to an aromatic ring is 1. The number of nitrogens with two attached hydrogens (primary N) is 1. The van der Waals surface area contributed by atoms with Crippen LogP contribution in [0.15, 0.2) is 41.6 Å². The average molecular weight is 284 g/mol. The lowest BCUT2D eigenvalue weighted by molar-refractivity contribution is 0.559. The van der Waals surface area contributed by atoms with E-state index in [1.54, 1.807) is 23.1 Å². The lowest BCUT2D eigenvalue weighted by Gasteiger charge is -2.07. The topological polar surface area (TPSA) is 90.0 Å². The molecule has 1 aromatic carbocycles. The summed E-state index contributed by atoms with van der Waals surface area (Å²) in [6.45, 7) is 0.555. The Morgan fingerprint density at radius 1 is 1.42 bits per heavy atom. The monoisotopic (exact) mass is 284 g/mol. The van der Waals surface area contributed by atoms with Crippen LogP contribution < -0.4 is 10.5 Å². The van der Waals surface area contributed by atoms with Gasteiger partial charge in [-0.25, -0.2) is 17.5 Å². The second kappa shape index (κ2) is 5.37. The maximum atomic E-state index is 13.2. The van der Waals surface area contributed by atoms with E-state index in [9.17, 15) is 12.8 Å². The zero-order valence-corrected chi connectivity index (χ0v) is 10.8. The van der Waals surface area contributed by atoms with Gasteiger partial charge >= 0.3 is 0 Å². The highest BCUT2D eigenvalue weighted by atomic mass is 32.2. The van der Waals surface area contributed by atoms with E-state index in [1.807, 2.05) is 0 Å². The quantitative estimate of drug-likeness (QED) is 0.786. The van der Waals surface area contributed by atoms with Crippen molar-refractivity contribution >= 4 is 15.7 Å². The lowest BCUT2D eigenvalue weighted by atomic mass is 10.3. The maximum Gasteiger partial charge on any atom is 0.240 e. The predicted octanol–water partition coefficient (Wildman–Crippen LogP) is 0.583. The van der Waals surface area contributed by atoms with Crippen molar-refractivity contribution in [3.8, 4) is 0 Å². The van der Waals surface area contributed by atoms with Gasteiger partial charge in [0.1, 0.15) is 5.82 Å². The molecule has 0 bridgehead atoms. The minimum atomic E-state index is -3.74. The third kappa shape index (κ3) is 3.30. The molecule has 0 aliphatic heterocycles. The average Bonchev–Trinajstić information content (AvgIpc) is 2.85. The van der Waals surface area contributed by atoms with Gasteiger partial charge in [-0.3, -0.25) is 4.68 Å². The van der Waals surface area contributed by atoms with Gasteiger partial charge in [-0.15, -0.1) is 0 Å². The number of sulfonamides is 1. The summed E-state index contributed by atoms with van der Waals surface area (Å²) in [7, 11) is -3.74. The number of hydrogen-bond donors (Lipinski definition) is 2. The molecular weight excluding hydrogens is 271 g/mol. The van der Waals surface area contributed by atoms with Gasteiger partial charge in [-0.05, 0) is 24.3 Å². The Bertz CT molecular complexity index is 655. The zero-order valence-electron chi connectivity index (χ0n) is 9.95. The minimum absolute atomic E-state index is 0.0875. The molecule has 0 fully saturated rings. The SMILES string of the molecule is Nc1ccc(S(=O)(=O)NCCn2cccn2)cc1F. The van der Waals surface area contributed by atoms with Crippen LogP contribution >= 0.6 is 0 Å². The van der Waals surface area contributed by atoms with Crippen molar-refractivity contribution < 1.29 is 12.8 Å². The first-order chi connectivity index (χ1) is 8.99. The standard InChI is InChI=1S/C11H13FN4O2S/c12-10-8-9(2-3-11(10)13)19(17,18)15-5-7-16-6-1-4-14-16/h1-4,6,8,15H,5,7,13H2. The summed E-state index contributed by atoms with van der Waals surface area (Å²) in [6.07, 6.45) is 3.32. The molecule has 1 aromatic heterocycles. The van der Waals surface area contributed by atoms with E-state index >= 15 is 0 Å². The lowest BCUT2D eigenvalue weighted by Crippen LogP contribution is -2.27. The number of nitrogens with one attached hydrogen (secondary N) is 1. The molecule has 2 aromatic rings. The van der Waals surface area contributed by atoms with Gasteiger partial charge < -0.3 is 5.73 Å². The Morgan fingerprint density at radius 3 is 2.84 bits per heavy atom. The van der Waals surface area contributed by atoms with Gasteiger partial charge in [0, 0.05) is 18.9 Å². The van der Waals surface area contributed by atoms with Crippen molar-refractivity contribution in [1.82, 2.24) is 14.5 Å². The number of rotatable bonds is 5. The van der Waals surface area contributed by atoms with Crippen LogP contribution in [0, 0.1) is 5.82 Å². The Labute approximate surface area is 110 Å². The van der Waals surface area contributed by atoms with Gasteiger partial charge in [-0.2, -0.15) is 5.10 Å². The molecule has 0 aliphatic rings. The molecule has 19 heavy (non-hydrogen) atoms. The second-order valence-corrected chi connectivity index (χ2v) is 5.62. The van der Waals surface area contributed by atoms with Crippen LogP contribution in [-0.4, -0.2) is 24.7 Å². The van der Waals surface area contributed by atoms with Gasteiger partial charge in [-0.1, -0.05) is 0 Å². The first kappa shape index (κ1) is 13.5. The predicted molar refractivity (Wildman–Crippen MR) is 68.2 cm³/mol. The van der Waals surface area contributed by atoms with Crippen LogP contribution in [0.25, 0.3) is 0 Å². The van der Waals surface area contributed by atoms with Gasteiger partial charge in [0.05, 0.1) is 17.1 Å². The highest BCUT2D eigenvalue weighted by molar-refractivity contribution is 7.89. The molecule has 0 amide bonds. The van der Waals surface area contributed by atoms with Crippen molar-refractivity contribution in [1.29, 1.82) is 0 Å². The molecule has 0 radical (unpaired) electrons. The third-order valence-corrected chi connectivity index (χ3v) is 3.93. The molecule has 6 nitrogen and oxygen atoms in total. The van der Waals surface area contributed by atoms with E-state index < -0.39 is 15.8 Å². The summed E-state index contributed by atoms with van der Waals surface area (Å²) >= 11 is 0. The Hall–Kier alpha value is -1.93. The summed E-state index contributed by atoms with van der Waals surface area (Å²) in [5, 5.41) is 3.94. The van der Waals surface area contributed by atoms with E-state index in [0.29, 0.717) is 6.54 Å². The first-order valence-electron chi connectivity index (χ1n) is 5.51. The van der Waals surface area contributed by atoms with Gasteiger partial charge in [0.25, 0.3) is 0 Å². The van der Waals surface area contributed by atoms with Crippen molar-refractivity contribution in [2.75, 3.05) is 12.3 Å². The molecule has 0 aliphatic carbocycles. The van der Waals surface area contributed by atoms with Crippen LogP contribution in [0.1, 0.15) is 0 Å². The zero-order chi connectivity index (χ0) is 13.9. The summed E-state index contributed by atoms with van der Waals surface area (Å²) < 4.78 is 40.9. The molecule has 2 rings (SSSR count). The summed E-state index contributed by atoms with van der Waals surface area (Å²) in [5.41, 5.74) is 5.21. The molecule has 3 N–H and O–H groups in total. The Kier molecular flexibility index (Phi) is 3.82. The van der Waals surface area contributed by atoms with Crippen LogP contribution in [0.4, 0.5) is 10.1 Å². The minimum Gasteiger partial charge on any atom is -0.396 e. The normalized spacial score (nSPS) is 11.6. The number of benzene rings is 1. The van der Waals surface area contributed by atoms with Gasteiger partial charge in [0.2, 0.25) is 10.0 Å². The highest BCUT2D eigenvalue weighted by Crippen LogP contribution is 2.15. The molecule has 102 valence electrons. The Balaban J connectivity index is 2.03. The second-order valence-electron chi connectivity index (χ2n) is 3.85. The number of aromatic nitrogens is 2. The molecule has 0 unspecified atom stereocenters. The highest BCUT2D eigenvalue weighted by Gasteiger charge is 2.15. The number of halogens is 1. The maximum absolute atomic E-state index is 13.2. The number of nitrogens with zero attached hydrogens (tertiary/aromatic N) is 2. The number of anilines is 1. The van der Waals surface area contributed by atoms with Crippen LogP contribution in [0.5, 0.6) is 0 Å². The smallest absolute Gasteiger partial charge is 0.240 e. The van der Waals surface area contributed by atoms with Crippen LogP contribution in [0.3, 0.4) is 0 Å². The van der Waals surface area contributed by atoms with E-state index in [2.05, 4.69) is 9.82 Å². The fourth-order valence-corrected chi connectivity index (χ4v) is 2.52. The van der Waals surface area contributed by atoms with Crippen molar-refractivity contribution in [2.45, 2.75) is 11.4 Å². The van der Waals surface area contributed by atoms with E-state index in [4.69, 9.17) is 5.73 Å². The van der Waals surface area contributed by atoms with E-state index in [1.165, 1.54) is 12.1 Å². The van der Waals surface area contributed by atoms with Gasteiger partial charge in [0.15, 0.2) is 0 Å². The largest absolute Gasteiger partial charge is 0.396 e. The van der Waals surface area contributed by atoms with Crippen LogP contribution in [0.2, 0.25) is 0 Å². The molecule has 0 saturated carbocycles. The molecule has 8 heteroatoms. The number of hydrogen-bond acceptors (Lipinski definition) is 4. The molecule has 1 heterocycles. The molecule has 0 saturated heterocycles. The summed E-state index contributed by atoms with van der Waals surface area (Å²) in [4.78, 5) is -0.153. The summed E-state index contributed by atoms with van der Waals surface area (Å²) in [6, 6.07) is 5.11. The van der Waals surface area contributed by atoms with Crippen molar-refractivity contribution in [3.63, 3.8) is 0 Å². The van der Waals surface area contributed by atoms with Crippen molar-refractivity contribution in [2.24, 2.45) is 0 Å².